The van der Waals surface area contributed by atoms with E-state index in [0.29, 0.717) is 29.5 Å². The van der Waals surface area contributed by atoms with E-state index in [1.165, 1.54) is 0 Å². The number of nitrogens with two attached hydrogens (primary N) is 1. The number of hydrogen-bond acceptors (Lipinski definition) is 4. The first kappa shape index (κ1) is 19.2. The Morgan fingerprint density at radius 3 is 1.87 bits per heavy atom. The Morgan fingerprint density at radius 2 is 1.43 bits per heavy atom. The summed E-state index contributed by atoms with van der Waals surface area (Å²) in [5.41, 5.74) is 2.04. The maximum absolute atomic E-state index is 11.9. The van der Waals surface area contributed by atoms with Crippen molar-refractivity contribution in [3.05, 3.63) is 34.4 Å². The second-order valence-electron chi connectivity index (χ2n) is 5.79. The van der Waals surface area contributed by atoms with Crippen LogP contribution in [0.15, 0.2) is 12.1 Å². The summed E-state index contributed by atoms with van der Waals surface area (Å²) in [6.07, 6.45) is 7.22. The lowest BCUT2D eigenvalue weighted by Crippen LogP contribution is -2.15. The molecule has 5 heteroatoms. The second kappa shape index (κ2) is 10.0. The minimum absolute atomic E-state index is 0.279. The van der Waals surface area contributed by atoms with Gasteiger partial charge < -0.3 is 9.94 Å². The minimum atomic E-state index is -0.957. The van der Waals surface area contributed by atoms with Gasteiger partial charge in [0, 0.05) is 0 Å². The summed E-state index contributed by atoms with van der Waals surface area (Å²) in [7, 11) is 0. The lowest BCUT2D eigenvalue weighted by molar-refractivity contribution is 0.0500. The molecule has 23 heavy (non-hydrogen) atoms. The van der Waals surface area contributed by atoms with Crippen LogP contribution in [0.3, 0.4) is 0 Å². The Kier molecular flexibility index (Phi) is 8.33. The molecule has 0 aromatic heterocycles. The van der Waals surface area contributed by atoms with Gasteiger partial charge in [-0.25, -0.2) is 9.59 Å². The van der Waals surface area contributed by atoms with E-state index in [0.717, 1.165) is 38.5 Å². The average molecular weight is 321 g/mol. The zero-order valence-electron chi connectivity index (χ0n) is 14.1. The first-order valence-electron chi connectivity index (χ1n) is 8.35. The number of rotatable bonds is 10. The maximum Gasteiger partial charge on any atom is 0.356 e. The molecule has 3 N–H and O–H groups in total. The number of unbranched alkanes of at least 4 members (excludes halogenated alkanes) is 4. The van der Waals surface area contributed by atoms with Gasteiger partial charge in [0.1, 0.15) is 0 Å². The Labute approximate surface area is 137 Å². The average Bonchev–Trinajstić information content (AvgIpc) is 2.54. The van der Waals surface area contributed by atoms with Crippen LogP contribution in [-0.4, -0.2) is 17.0 Å². The largest absolute Gasteiger partial charge is 0.478 e. The van der Waals surface area contributed by atoms with Gasteiger partial charge in [-0.2, -0.15) is 5.90 Å². The summed E-state index contributed by atoms with van der Waals surface area (Å²) in [4.78, 5) is 27.9. The molecule has 128 valence electrons. The highest BCUT2D eigenvalue weighted by Gasteiger charge is 2.19. The van der Waals surface area contributed by atoms with Crippen LogP contribution in [-0.2, 0) is 17.7 Å². The summed E-state index contributed by atoms with van der Waals surface area (Å²) >= 11 is 0. The molecular weight excluding hydrogens is 294 g/mol. The lowest BCUT2D eigenvalue weighted by atomic mass is 9.92. The van der Waals surface area contributed by atoms with Crippen LogP contribution in [0.2, 0.25) is 0 Å². The molecule has 0 aliphatic rings. The quantitative estimate of drug-likeness (QED) is 0.504. The van der Waals surface area contributed by atoms with E-state index < -0.39 is 11.9 Å². The molecule has 1 rings (SSSR count). The number of carbonyl (C=O) groups excluding carboxylic acids is 1. The van der Waals surface area contributed by atoms with Crippen LogP contribution < -0.4 is 5.90 Å². The number of hydrogen-bond donors (Lipinski definition) is 2. The van der Waals surface area contributed by atoms with Crippen molar-refractivity contribution in [1.29, 1.82) is 0 Å². The number of aromatic carboxylic acids is 1. The fourth-order valence-corrected chi connectivity index (χ4v) is 2.69. The highest BCUT2D eigenvalue weighted by molar-refractivity contribution is 5.95. The molecule has 0 unspecified atom stereocenters. The van der Waals surface area contributed by atoms with Gasteiger partial charge in [0.15, 0.2) is 0 Å². The third-order valence-corrected chi connectivity index (χ3v) is 3.99. The van der Waals surface area contributed by atoms with Crippen molar-refractivity contribution in [3.63, 3.8) is 0 Å². The zero-order valence-corrected chi connectivity index (χ0v) is 14.1. The van der Waals surface area contributed by atoms with Crippen LogP contribution >= 0.6 is 0 Å². The summed E-state index contributed by atoms with van der Waals surface area (Å²) in [6, 6.07) is 3.26. The highest BCUT2D eigenvalue weighted by Crippen LogP contribution is 2.22. The van der Waals surface area contributed by atoms with Crippen molar-refractivity contribution in [2.24, 2.45) is 5.90 Å². The van der Waals surface area contributed by atoms with E-state index in [-0.39, 0.29) is 5.56 Å². The van der Waals surface area contributed by atoms with Gasteiger partial charge in [0.2, 0.25) is 0 Å². The molecule has 0 bridgehead atoms. The van der Waals surface area contributed by atoms with Crippen molar-refractivity contribution >= 4 is 11.9 Å². The van der Waals surface area contributed by atoms with Crippen LogP contribution in [0.5, 0.6) is 0 Å². The first-order chi connectivity index (χ1) is 11.0. The van der Waals surface area contributed by atoms with Gasteiger partial charge in [-0.15, -0.1) is 0 Å². The molecular formula is C18H27NO4. The maximum atomic E-state index is 11.9. The minimum Gasteiger partial charge on any atom is -0.478 e. The van der Waals surface area contributed by atoms with Crippen molar-refractivity contribution in [3.8, 4) is 0 Å². The number of carboxylic acid groups (broad SMARTS) is 1. The first-order valence-corrected chi connectivity index (χ1v) is 8.35. The summed E-state index contributed by atoms with van der Waals surface area (Å²) in [5, 5.41) is 9.46. The predicted molar refractivity (Wildman–Crippen MR) is 89.5 cm³/mol. The van der Waals surface area contributed by atoms with Crippen LogP contribution in [0.1, 0.15) is 84.2 Å². The van der Waals surface area contributed by atoms with Gasteiger partial charge >= 0.3 is 11.9 Å². The number of carbonyl (C=O) groups is 2. The monoisotopic (exact) mass is 321 g/mol. The molecule has 0 aliphatic heterocycles. The summed E-state index contributed by atoms with van der Waals surface area (Å²) in [5.74, 6) is 3.47. The molecule has 0 saturated heterocycles. The molecule has 1 aromatic rings. The third-order valence-electron chi connectivity index (χ3n) is 3.99. The topological polar surface area (TPSA) is 89.6 Å². The Hall–Kier alpha value is -1.88. The lowest BCUT2D eigenvalue weighted by Gasteiger charge is -2.13. The van der Waals surface area contributed by atoms with Crippen LogP contribution in [0.25, 0.3) is 0 Å². The molecule has 0 radical (unpaired) electrons. The van der Waals surface area contributed by atoms with E-state index in [4.69, 9.17) is 5.90 Å². The standard InChI is InChI=1S/C18H27NO4/c1-3-5-7-9-13-12-16(18(22)23-19)14(10-8-6-4-2)11-15(13)17(20)21/h11-12H,3-10,19H2,1-2H3,(H,20,21). The van der Waals surface area contributed by atoms with E-state index >= 15 is 0 Å². The molecule has 5 nitrogen and oxygen atoms in total. The molecule has 0 spiro atoms. The zero-order chi connectivity index (χ0) is 17.2. The van der Waals surface area contributed by atoms with E-state index in [1.807, 2.05) is 0 Å². The second-order valence-corrected chi connectivity index (χ2v) is 5.79. The molecule has 0 fully saturated rings. The van der Waals surface area contributed by atoms with Gasteiger partial charge in [-0.05, 0) is 48.9 Å². The third kappa shape index (κ3) is 5.67. The Bertz CT molecular complexity index is 540. The molecule has 0 heterocycles. The van der Waals surface area contributed by atoms with E-state index in [1.54, 1.807) is 12.1 Å². The SMILES string of the molecule is CCCCCc1cc(C(=O)ON)c(CCCCC)cc1C(=O)O. The van der Waals surface area contributed by atoms with Gasteiger partial charge in [-0.3, -0.25) is 0 Å². The fraction of sp³-hybridized carbons (Fsp3) is 0.556. The molecule has 0 amide bonds. The van der Waals surface area contributed by atoms with E-state index in [2.05, 4.69) is 18.7 Å². The molecule has 0 atom stereocenters. The fourth-order valence-electron chi connectivity index (χ4n) is 2.69. The molecule has 1 aromatic carbocycles. The van der Waals surface area contributed by atoms with Gasteiger partial charge in [-0.1, -0.05) is 39.5 Å². The predicted octanol–water partition coefficient (Wildman–Crippen LogP) is 3.88. The van der Waals surface area contributed by atoms with Gasteiger partial charge in [0.05, 0.1) is 11.1 Å². The van der Waals surface area contributed by atoms with Gasteiger partial charge in [0.25, 0.3) is 0 Å². The van der Waals surface area contributed by atoms with E-state index in [9.17, 15) is 14.7 Å². The molecule has 0 aliphatic carbocycles. The smallest absolute Gasteiger partial charge is 0.356 e. The Balaban J connectivity index is 3.19. The normalized spacial score (nSPS) is 10.6. The highest BCUT2D eigenvalue weighted by atomic mass is 16.7. The van der Waals surface area contributed by atoms with Crippen LogP contribution in [0.4, 0.5) is 0 Å². The summed E-state index contributed by atoms with van der Waals surface area (Å²) in [6.45, 7) is 4.18. The molecule has 0 saturated carbocycles. The number of benzene rings is 1. The van der Waals surface area contributed by atoms with Crippen molar-refractivity contribution in [2.75, 3.05) is 0 Å². The number of carboxylic acids is 1. The summed E-state index contributed by atoms with van der Waals surface area (Å²) < 4.78 is 0. The van der Waals surface area contributed by atoms with Crippen molar-refractivity contribution in [1.82, 2.24) is 0 Å². The van der Waals surface area contributed by atoms with Crippen molar-refractivity contribution in [2.45, 2.75) is 65.2 Å². The Morgan fingerprint density at radius 1 is 0.957 bits per heavy atom. The van der Waals surface area contributed by atoms with Crippen molar-refractivity contribution < 1.29 is 19.5 Å². The van der Waals surface area contributed by atoms with Crippen LogP contribution in [0, 0.1) is 0 Å². The number of aryl methyl sites for hydroxylation is 2.